The number of aliphatic imine (C=N–C) groups is 1. The molecule has 0 aliphatic rings. The van der Waals surface area contributed by atoms with E-state index in [0.29, 0.717) is 25.6 Å². The van der Waals surface area contributed by atoms with Gasteiger partial charge in [-0.2, -0.15) is 0 Å². The number of nitrogens with one attached hydrogen (secondary N) is 3. The van der Waals surface area contributed by atoms with Crippen molar-refractivity contribution in [3.8, 4) is 5.75 Å². The minimum Gasteiger partial charge on any atom is -0.489 e. The maximum absolute atomic E-state index is 11.3. The van der Waals surface area contributed by atoms with Crippen LogP contribution >= 0.6 is 0 Å². The molecule has 0 aliphatic heterocycles. The monoisotopic (exact) mass is 356 g/mol. The van der Waals surface area contributed by atoms with E-state index in [4.69, 9.17) is 4.74 Å². The third kappa shape index (κ3) is 7.65. The van der Waals surface area contributed by atoms with E-state index in [2.05, 4.69) is 20.3 Å². The van der Waals surface area contributed by atoms with Gasteiger partial charge in [-0.3, -0.25) is 4.99 Å². The Hall–Kier alpha value is -1.80. The van der Waals surface area contributed by atoms with E-state index in [1.54, 1.807) is 14.0 Å². The molecule has 0 amide bonds. The lowest BCUT2D eigenvalue weighted by atomic mass is 10.2. The fourth-order valence-corrected chi connectivity index (χ4v) is 2.51. The summed E-state index contributed by atoms with van der Waals surface area (Å²) in [6.07, 6.45) is -0.0387. The van der Waals surface area contributed by atoms with Gasteiger partial charge in [0.15, 0.2) is 5.96 Å². The molecule has 0 bridgehead atoms. The number of guanidine groups is 1. The van der Waals surface area contributed by atoms with Crippen LogP contribution in [0.1, 0.15) is 19.4 Å². The van der Waals surface area contributed by atoms with Crippen LogP contribution in [-0.2, 0) is 10.0 Å². The van der Waals surface area contributed by atoms with E-state index in [0.717, 1.165) is 11.3 Å². The second-order valence-electron chi connectivity index (χ2n) is 5.37. The Balaban J connectivity index is 2.32. The second-order valence-corrected chi connectivity index (χ2v) is 7.47. The minimum absolute atomic E-state index is 0.0387. The zero-order valence-electron chi connectivity index (χ0n) is 14.8. The van der Waals surface area contributed by atoms with Gasteiger partial charge in [-0.05, 0) is 32.4 Å². The molecule has 136 valence electrons. The van der Waals surface area contributed by atoms with E-state index < -0.39 is 10.0 Å². The van der Waals surface area contributed by atoms with Gasteiger partial charge < -0.3 is 15.4 Å². The number of aryl methyl sites for hydroxylation is 1. The van der Waals surface area contributed by atoms with Crippen LogP contribution in [0.5, 0.6) is 5.75 Å². The fourth-order valence-electron chi connectivity index (χ4n) is 1.90. The van der Waals surface area contributed by atoms with Crippen molar-refractivity contribution in [3.05, 3.63) is 29.8 Å². The molecule has 1 atom stereocenters. The molecule has 8 heteroatoms. The summed E-state index contributed by atoms with van der Waals surface area (Å²) in [6, 6.07) is 7.87. The highest BCUT2D eigenvalue weighted by atomic mass is 32.2. The molecule has 0 radical (unpaired) electrons. The molecule has 3 N–H and O–H groups in total. The molecular weight excluding hydrogens is 328 g/mol. The molecule has 0 aromatic heterocycles. The summed E-state index contributed by atoms with van der Waals surface area (Å²) in [7, 11) is -1.49. The number of ether oxygens (including phenoxy) is 1. The van der Waals surface area contributed by atoms with Crippen LogP contribution in [0.25, 0.3) is 0 Å². The number of rotatable bonds is 9. The lowest BCUT2D eigenvalue weighted by Crippen LogP contribution is -2.44. The van der Waals surface area contributed by atoms with Gasteiger partial charge in [-0.25, -0.2) is 13.1 Å². The summed E-state index contributed by atoms with van der Waals surface area (Å²) in [5, 5.41) is 6.21. The quantitative estimate of drug-likeness (QED) is 0.347. The SMILES string of the molecule is CCS(=O)(=O)NCCNC(=NC)NCC(C)Oc1ccccc1C. The molecule has 24 heavy (non-hydrogen) atoms. The summed E-state index contributed by atoms with van der Waals surface area (Å²) < 4.78 is 31.0. The van der Waals surface area contributed by atoms with Crippen LogP contribution in [-0.4, -0.2) is 52.9 Å². The standard InChI is InChI=1S/C16H28N4O3S/c1-5-24(21,22)20-11-10-18-16(17-4)19-12-14(3)23-15-9-7-6-8-13(15)2/h6-9,14,20H,5,10-12H2,1-4H3,(H2,17,18,19). The molecule has 0 heterocycles. The Labute approximate surface area is 145 Å². The van der Waals surface area contributed by atoms with E-state index in [-0.39, 0.29) is 11.9 Å². The van der Waals surface area contributed by atoms with E-state index in [1.165, 1.54) is 0 Å². The van der Waals surface area contributed by atoms with Gasteiger partial charge in [0.05, 0.1) is 12.3 Å². The van der Waals surface area contributed by atoms with Crippen molar-refractivity contribution < 1.29 is 13.2 Å². The first kappa shape index (κ1) is 20.2. The number of hydrogen-bond donors (Lipinski definition) is 3. The zero-order valence-corrected chi connectivity index (χ0v) is 15.6. The summed E-state index contributed by atoms with van der Waals surface area (Å²) in [5.41, 5.74) is 1.09. The lowest BCUT2D eigenvalue weighted by molar-refractivity contribution is 0.222. The van der Waals surface area contributed by atoms with Crippen LogP contribution in [0.15, 0.2) is 29.3 Å². The first-order valence-corrected chi connectivity index (χ1v) is 9.67. The topological polar surface area (TPSA) is 91.8 Å². The second kappa shape index (κ2) is 10.1. The van der Waals surface area contributed by atoms with Crippen molar-refractivity contribution in [2.75, 3.05) is 32.4 Å². The molecule has 1 aromatic rings. The Morgan fingerprint density at radius 3 is 2.58 bits per heavy atom. The summed E-state index contributed by atoms with van der Waals surface area (Å²) in [5.74, 6) is 1.54. The molecular formula is C16H28N4O3S. The van der Waals surface area contributed by atoms with Gasteiger partial charge in [0, 0.05) is 20.1 Å². The zero-order chi connectivity index (χ0) is 18.0. The Bertz CT molecular complexity index is 632. The number of nitrogens with zero attached hydrogens (tertiary/aromatic N) is 1. The predicted octanol–water partition coefficient (Wildman–Crippen LogP) is 0.867. The average Bonchev–Trinajstić information content (AvgIpc) is 2.56. The molecule has 0 fully saturated rings. The number of benzene rings is 1. The molecule has 1 rings (SSSR count). The van der Waals surface area contributed by atoms with Crippen LogP contribution in [0, 0.1) is 6.92 Å². The predicted molar refractivity (Wildman–Crippen MR) is 98.1 cm³/mol. The fraction of sp³-hybridized carbons (Fsp3) is 0.562. The third-order valence-corrected chi connectivity index (χ3v) is 4.73. The smallest absolute Gasteiger partial charge is 0.211 e. The molecule has 0 saturated carbocycles. The maximum Gasteiger partial charge on any atom is 0.211 e. The van der Waals surface area contributed by atoms with E-state index >= 15 is 0 Å². The van der Waals surface area contributed by atoms with Gasteiger partial charge in [-0.1, -0.05) is 18.2 Å². The highest BCUT2D eigenvalue weighted by molar-refractivity contribution is 7.89. The van der Waals surface area contributed by atoms with Crippen LogP contribution in [0.4, 0.5) is 0 Å². The van der Waals surface area contributed by atoms with Gasteiger partial charge in [0.2, 0.25) is 10.0 Å². The Kier molecular flexibility index (Phi) is 8.56. The minimum atomic E-state index is -3.16. The summed E-state index contributed by atoms with van der Waals surface area (Å²) >= 11 is 0. The highest BCUT2D eigenvalue weighted by Gasteiger charge is 2.08. The van der Waals surface area contributed by atoms with Gasteiger partial charge >= 0.3 is 0 Å². The van der Waals surface area contributed by atoms with Crippen LogP contribution in [0.2, 0.25) is 0 Å². The van der Waals surface area contributed by atoms with Crippen molar-refractivity contribution >= 4 is 16.0 Å². The van der Waals surface area contributed by atoms with Gasteiger partial charge in [-0.15, -0.1) is 0 Å². The van der Waals surface area contributed by atoms with Crippen molar-refractivity contribution in [2.45, 2.75) is 26.9 Å². The molecule has 7 nitrogen and oxygen atoms in total. The van der Waals surface area contributed by atoms with E-state index in [1.807, 2.05) is 38.1 Å². The van der Waals surface area contributed by atoms with Crippen LogP contribution < -0.4 is 20.1 Å². The van der Waals surface area contributed by atoms with Crippen LogP contribution in [0.3, 0.4) is 0 Å². The molecule has 0 spiro atoms. The lowest BCUT2D eigenvalue weighted by Gasteiger charge is -2.18. The average molecular weight is 356 g/mol. The molecule has 1 aromatic carbocycles. The molecule has 1 unspecified atom stereocenters. The van der Waals surface area contributed by atoms with Crippen molar-refractivity contribution in [3.63, 3.8) is 0 Å². The molecule has 0 aliphatic carbocycles. The number of para-hydroxylation sites is 1. The third-order valence-electron chi connectivity index (χ3n) is 3.32. The van der Waals surface area contributed by atoms with Gasteiger partial charge in [0.25, 0.3) is 0 Å². The van der Waals surface area contributed by atoms with Crippen molar-refractivity contribution in [1.29, 1.82) is 0 Å². The van der Waals surface area contributed by atoms with Crippen molar-refractivity contribution in [1.82, 2.24) is 15.4 Å². The van der Waals surface area contributed by atoms with E-state index in [9.17, 15) is 8.42 Å². The first-order chi connectivity index (χ1) is 11.4. The summed E-state index contributed by atoms with van der Waals surface area (Å²) in [4.78, 5) is 4.10. The Morgan fingerprint density at radius 2 is 1.96 bits per heavy atom. The normalized spacial score (nSPS) is 13.4. The maximum atomic E-state index is 11.3. The number of hydrogen-bond acceptors (Lipinski definition) is 4. The number of sulfonamides is 1. The Morgan fingerprint density at radius 1 is 1.25 bits per heavy atom. The van der Waals surface area contributed by atoms with Crippen molar-refractivity contribution in [2.24, 2.45) is 4.99 Å². The summed E-state index contributed by atoms with van der Waals surface area (Å²) in [6.45, 7) is 6.92. The first-order valence-electron chi connectivity index (χ1n) is 8.02. The largest absolute Gasteiger partial charge is 0.489 e. The highest BCUT2D eigenvalue weighted by Crippen LogP contribution is 2.17. The molecule has 0 saturated heterocycles. The van der Waals surface area contributed by atoms with Gasteiger partial charge in [0.1, 0.15) is 11.9 Å².